The van der Waals surface area contributed by atoms with Crippen LogP contribution in [0.2, 0.25) is 0 Å². The lowest BCUT2D eigenvalue weighted by atomic mass is 10.1. The molecule has 6 nitrogen and oxygen atoms in total. The zero-order valence-corrected chi connectivity index (χ0v) is 18.8. The van der Waals surface area contributed by atoms with E-state index in [4.69, 9.17) is 0 Å². The Morgan fingerprint density at radius 2 is 1.78 bits per heavy atom. The molecule has 2 aromatic heterocycles. The summed E-state index contributed by atoms with van der Waals surface area (Å²) in [6.45, 7) is 2.20. The van der Waals surface area contributed by atoms with Crippen LogP contribution in [0.3, 0.4) is 0 Å². The van der Waals surface area contributed by atoms with Gasteiger partial charge in [0.05, 0.1) is 10.6 Å². The number of nitrogens with zero attached hydrogens (tertiary/aromatic N) is 3. The van der Waals surface area contributed by atoms with Crippen molar-refractivity contribution in [2.24, 2.45) is 0 Å². The molecule has 162 valence electrons. The zero-order chi connectivity index (χ0) is 22.3. The summed E-state index contributed by atoms with van der Waals surface area (Å²) in [5.74, 6) is 0.224. The highest BCUT2D eigenvalue weighted by molar-refractivity contribution is 7.89. The molecule has 3 aromatic carbocycles. The van der Waals surface area contributed by atoms with E-state index in [-0.39, 0.29) is 17.3 Å². The lowest BCUT2D eigenvalue weighted by Gasteiger charge is -2.07. The van der Waals surface area contributed by atoms with Crippen molar-refractivity contribution < 1.29 is 12.8 Å². The molecule has 0 radical (unpaired) electrons. The van der Waals surface area contributed by atoms with Crippen LogP contribution in [0.1, 0.15) is 10.6 Å². The summed E-state index contributed by atoms with van der Waals surface area (Å²) in [5.41, 5.74) is 1.65. The number of fused-ring (bicyclic) bond motifs is 2. The molecule has 5 rings (SSSR count). The third kappa shape index (κ3) is 3.90. The van der Waals surface area contributed by atoms with Crippen molar-refractivity contribution in [3.05, 3.63) is 83.1 Å². The summed E-state index contributed by atoms with van der Waals surface area (Å²) in [5, 5.41) is 6.40. The minimum Gasteiger partial charge on any atom is -0.211 e. The first-order valence-corrected chi connectivity index (χ1v) is 12.3. The molecule has 5 aromatic rings. The number of hydrogen-bond donors (Lipinski definition) is 1. The van der Waals surface area contributed by atoms with Crippen LogP contribution in [0.4, 0.5) is 4.39 Å². The molecule has 2 heterocycles. The second-order valence-corrected chi connectivity index (χ2v) is 10.2. The molecule has 0 aliphatic heterocycles. The molecule has 0 atom stereocenters. The molecule has 0 spiro atoms. The zero-order valence-electron chi connectivity index (χ0n) is 17.1. The fourth-order valence-corrected chi connectivity index (χ4v) is 5.68. The predicted octanol–water partition coefficient (Wildman–Crippen LogP) is 4.58. The summed E-state index contributed by atoms with van der Waals surface area (Å²) < 4.78 is 43.1. The van der Waals surface area contributed by atoms with Gasteiger partial charge in [0.15, 0.2) is 5.82 Å². The van der Waals surface area contributed by atoms with Crippen molar-refractivity contribution in [1.82, 2.24) is 19.3 Å². The molecule has 0 aliphatic carbocycles. The molecule has 0 unspecified atom stereocenters. The fourth-order valence-electron chi connectivity index (χ4n) is 3.55. The largest absolute Gasteiger partial charge is 0.240 e. The first-order valence-electron chi connectivity index (χ1n) is 10.0. The third-order valence-corrected chi connectivity index (χ3v) is 7.94. The number of aromatic nitrogens is 3. The van der Waals surface area contributed by atoms with Gasteiger partial charge in [-0.05, 0) is 60.5 Å². The van der Waals surface area contributed by atoms with Gasteiger partial charge < -0.3 is 0 Å². The maximum atomic E-state index is 13.2. The predicted molar refractivity (Wildman–Crippen MR) is 124 cm³/mol. The topological polar surface area (TPSA) is 76.4 Å². The number of aryl methyl sites for hydroxylation is 1. The quantitative estimate of drug-likeness (QED) is 0.397. The maximum Gasteiger partial charge on any atom is 0.240 e. The van der Waals surface area contributed by atoms with Crippen LogP contribution in [-0.4, -0.2) is 29.6 Å². The smallest absolute Gasteiger partial charge is 0.211 e. The Morgan fingerprint density at radius 3 is 2.53 bits per heavy atom. The third-order valence-electron chi connectivity index (χ3n) is 5.29. The van der Waals surface area contributed by atoms with E-state index in [1.165, 1.54) is 23.5 Å². The van der Waals surface area contributed by atoms with Gasteiger partial charge in [0.2, 0.25) is 15.0 Å². The normalized spacial score (nSPS) is 12.1. The van der Waals surface area contributed by atoms with E-state index in [1.807, 2.05) is 37.3 Å². The average molecular weight is 467 g/mol. The minimum absolute atomic E-state index is 0.250. The Labute approximate surface area is 188 Å². The van der Waals surface area contributed by atoms with Crippen LogP contribution in [0.25, 0.3) is 27.1 Å². The van der Waals surface area contributed by atoms with Crippen LogP contribution in [0.5, 0.6) is 0 Å². The summed E-state index contributed by atoms with van der Waals surface area (Å²) in [4.78, 5) is 6.51. The van der Waals surface area contributed by atoms with Crippen LogP contribution in [0.15, 0.2) is 71.6 Å². The highest BCUT2D eigenvalue weighted by Gasteiger charge is 2.17. The molecule has 0 amide bonds. The average Bonchev–Trinajstić information content (AvgIpc) is 3.33. The lowest BCUT2D eigenvalue weighted by molar-refractivity contribution is 0.582. The summed E-state index contributed by atoms with van der Waals surface area (Å²) >= 11 is 1.47. The van der Waals surface area contributed by atoms with Gasteiger partial charge in [-0.2, -0.15) is 4.98 Å². The number of nitrogens with one attached hydrogen (secondary N) is 1. The number of rotatable bonds is 6. The molecular weight excluding hydrogens is 447 g/mol. The van der Waals surface area contributed by atoms with Gasteiger partial charge in [-0.15, -0.1) is 5.10 Å². The summed E-state index contributed by atoms with van der Waals surface area (Å²) in [6, 6.07) is 18.8. The van der Waals surface area contributed by atoms with Crippen molar-refractivity contribution in [3.63, 3.8) is 0 Å². The molecule has 0 fully saturated rings. The highest BCUT2D eigenvalue weighted by atomic mass is 32.2. The Kier molecular flexibility index (Phi) is 5.24. The number of thiazole rings is 1. The van der Waals surface area contributed by atoms with Gasteiger partial charge >= 0.3 is 0 Å². The van der Waals surface area contributed by atoms with Gasteiger partial charge in [0.25, 0.3) is 0 Å². The van der Waals surface area contributed by atoms with Gasteiger partial charge in [-0.3, -0.25) is 0 Å². The Balaban J connectivity index is 1.30. The number of benzene rings is 3. The van der Waals surface area contributed by atoms with E-state index >= 15 is 0 Å². The standard InChI is InChI=1S/C23H19FN4O2S2/c1-15-21(31-23-26-22(27-28(15)23)17-6-9-19(24)10-7-17)12-13-25-32(29,30)20-11-8-16-4-2-3-5-18(16)14-20/h2-11,14,25H,12-13H2,1H3. The Bertz CT molecular complexity index is 1540. The van der Waals surface area contributed by atoms with Crippen LogP contribution < -0.4 is 4.72 Å². The molecule has 0 aliphatic rings. The Morgan fingerprint density at radius 1 is 1.03 bits per heavy atom. The fraction of sp³-hybridized carbons (Fsp3) is 0.130. The summed E-state index contributed by atoms with van der Waals surface area (Å²) in [7, 11) is -3.61. The van der Waals surface area contributed by atoms with E-state index in [0.29, 0.717) is 17.2 Å². The maximum absolute atomic E-state index is 13.2. The second-order valence-electron chi connectivity index (χ2n) is 7.40. The molecule has 0 saturated carbocycles. The van der Waals surface area contributed by atoms with Crippen molar-refractivity contribution >= 4 is 37.1 Å². The van der Waals surface area contributed by atoms with Crippen molar-refractivity contribution in [1.29, 1.82) is 0 Å². The van der Waals surface area contributed by atoms with Gasteiger partial charge in [0, 0.05) is 17.0 Å². The van der Waals surface area contributed by atoms with E-state index in [1.54, 1.807) is 28.8 Å². The minimum atomic E-state index is -3.61. The van der Waals surface area contributed by atoms with Crippen molar-refractivity contribution in [2.45, 2.75) is 18.2 Å². The van der Waals surface area contributed by atoms with E-state index < -0.39 is 10.0 Å². The SMILES string of the molecule is Cc1c(CCNS(=O)(=O)c2ccc3ccccc3c2)sc2nc(-c3ccc(F)cc3)nn12. The number of sulfonamides is 1. The molecule has 32 heavy (non-hydrogen) atoms. The first kappa shape index (κ1) is 20.7. The second kappa shape index (κ2) is 8.09. The number of halogens is 1. The van der Waals surface area contributed by atoms with Crippen molar-refractivity contribution in [2.75, 3.05) is 6.54 Å². The van der Waals surface area contributed by atoms with Gasteiger partial charge in [-0.1, -0.05) is 41.7 Å². The van der Waals surface area contributed by atoms with Crippen molar-refractivity contribution in [3.8, 4) is 11.4 Å². The van der Waals surface area contributed by atoms with Gasteiger partial charge in [-0.25, -0.2) is 22.0 Å². The van der Waals surface area contributed by atoms with E-state index in [2.05, 4.69) is 14.8 Å². The number of hydrogen-bond acceptors (Lipinski definition) is 5. The van der Waals surface area contributed by atoms with Crippen LogP contribution in [-0.2, 0) is 16.4 Å². The molecule has 1 N–H and O–H groups in total. The lowest BCUT2D eigenvalue weighted by Crippen LogP contribution is -2.26. The van der Waals surface area contributed by atoms with Crippen LogP contribution in [0, 0.1) is 12.7 Å². The first-order chi connectivity index (χ1) is 15.4. The summed E-state index contributed by atoms with van der Waals surface area (Å²) in [6.07, 6.45) is 0.528. The monoisotopic (exact) mass is 466 g/mol. The van der Waals surface area contributed by atoms with Crippen LogP contribution >= 0.6 is 11.3 Å². The molecule has 0 saturated heterocycles. The highest BCUT2D eigenvalue weighted by Crippen LogP contribution is 2.25. The Hall–Kier alpha value is -3.14. The molecule has 9 heteroatoms. The van der Waals surface area contributed by atoms with E-state index in [0.717, 1.165) is 26.9 Å². The molecular formula is C23H19FN4O2S2. The van der Waals surface area contributed by atoms with Gasteiger partial charge in [0.1, 0.15) is 5.82 Å². The molecule has 0 bridgehead atoms. The van der Waals surface area contributed by atoms with E-state index in [9.17, 15) is 12.8 Å².